The summed E-state index contributed by atoms with van der Waals surface area (Å²) in [4.78, 5) is 11.9. The molecule has 1 aromatic heterocycles. The third-order valence-corrected chi connectivity index (χ3v) is 3.50. The predicted octanol–water partition coefficient (Wildman–Crippen LogP) is 3.15. The lowest BCUT2D eigenvalue weighted by Gasteiger charge is -2.07. The molecule has 0 fully saturated rings. The molecule has 0 saturated heterocycles. The van der Waals surface area contributed by atoms with Gasteiger partial charge in [0.1, 0.15) is 0 Å². The maximum absolute atomic E-state index is 11.9. The zero-order chi connectivity index (χ0) is 15.4. The molecular formula is C15H19ClN4O. The van der Waals surface area contributed by atoms with Crippen molar-refractivity contribution < 1.29 is 4.79 Å². The molecule has 0 unspecified atom stereocenters. The zero-order valence-electron chi connectivity index (χ0n) is 12.2. The minimum atomic E-state index is -0.0433. The lowest BCUT2D eigenvalue weighted by atomic mass is 10.2. The first-order valence-corrected chi connectivity index (χ1v) is 7.19. The Labute approximate surface area is 129 Å². The van der Waals surface area contributed by atoms with E-state index in [1.165, 1.54) is 0 Å². The number of nitrogens with one attached hydrogen (secondary N) is 1. The zero-order valence-corrected chi connectivity index (χ0v) is 12.9. The Morgan fingerprint density at radius 1 is 1.38 bits per heavy atom. The second-order valence-electron chi connectivity index (χ2n) is 5.04. The molecule has 0 aliphatic heterocycles. The quantitative estimate of drug-likeness (QED) is 0.833. The number of nitrogen functional groups attached to an aromatic ring is 1. The minimum absolute atomic E-state index is 0.0433. The van der Waals surface area contributed by atoms with Crippen LogP contribution in [0.15, 0.2) is 24.3 Å². The van der Waals surface area contributed by atoms with Gasteiger partial charge in [-0.25, -0.2) is 0 Å². The van der Waals surface area contributed by atoms with Crippen molar-refractivity contribution in [2.24, 2.45) is 0 Å². The molecule has 2 aromatic rings. The monoisotopic (exact) mass is 306 g/mol. The fourth-order valence-corrected chi connectivity index (χ4v) is 2.25. The highest BCUT2D eigenvalue weighted by Crippen LogP contribution is 2.22. The maximum atomic E-state index is 11.9. The summed E-state index contributed by atoms with van der Waals surface area (Å²) in [7, 11) is 0. The number of nitrogens with zero attached hydrogens (tertiary/aromatic N) is 2. The smallest absolute Gasteiger partial charge is 0.224 e. The van der Waals surface area contributed by atoms with Crippen molar-refractivity contribution in [2.45, 2.75) is 33.2 Å². The fraction of sp³-hybridized carbons (Fsp3) is 0.333. The summed E-state index contributed by atoms with van der Waals surface area (Å²) in [5.41, 5.74) is 8.92. The van der Waals surface area contributed by atoms with Gasteiger partial charge in [0, 0.05) is 24.3 Å². The Morgan fingerprint density at radius 2 is 2.14 bits per heavy atom. The highest BCUT2D eigenvalue weighted by atomic mass is 35.5. The summed E-state index contributed by atoms with van der Waals surface area (Å²) in [5, 5.41) is 7.66. The number of nitrogens with two attached hydrogens (primary N) is 1. The number of amides is 1. The molecule has 0 aliphatic carbocycles. The van der Waals surface area contributed by atoms with Gasteiger partial charge >= 0.3 is 0 Å². The first-order valence-electron chi connectivity index (χ1n) is 6.81. The van der Waals surface area contributed by atoms with Crippen LogP contribution in [0.2, 0.25) is 5.02 Å². The average molecular weight is 307 g/mol. The molecule has 2 rings (SSSR count). The number of rotatable bonds is 5. The number of halogens is 1. The summed E-state index contributed by atoms with van der Waals surface area (Å²) in [6.07, 6.45) is 1.16. The summed E-state index contributed by atoms with van der Waals surface area (Å²) >= 11 is 5.84. The third-order valence-electron chi connectivity index (χ3n) is 3.16. The second kappa shape index (κ2) is 6.63. The lowest BCUT2D eigenvalue weighted by molar-refractivity contribution is -0.116. The van der Waals surface area contributed by atoms with Gasteiger partial charge in [-0.15, -0.1) is 0 Å². The molecule has 0 spiro atoms. The Balaban J connectivity index is 1.82. The summed E-state index contributed by atoms with van der Waals surface area (Å²) in [6.45, 7) is 4.70. The molecule has 0 bridgehead atoms. The van der Waals surface area contributed by atoms with Gasteiger partial charge in [0.05, 0.1) is 16.4 Å². The number of benzene rings is 1. The van der Waals surface area contributed by atoms with Crippen molar-refractivity contribution >= 4 is 28.9 Å². The number of hydrogen-bond acceptors (Lipinski definition) is 3. The van der Waals surface area contributed by atoms with Crippen molar-refractivity contribution in [3.63, 3.8) is 0 Å². The summed E-state index contributed by atoms with van der Waals surface area (Å²) in [6, 6.07) is 7.08. The van der Waals surface area contributed by atoms with Gasteiger partial charge < -0.3 is 11.1 Å². The van der Waals surface area contributed by atoms with E-state index in [0.717, 1.165) is 24.4 Å². The first-order chi connectivity index (χ1) is 9.95. The van der Waals surface area contributed by atoms with Crippen LogP contribution in [0.5, 0.6) is 0 Å². The maximum Gasteiger partial charge on any atom is 0.224 e. The van der Waals surface area contributed by atoms with Gasteiger partial charge in [-0.05, 0) is 44.5 Å². The van der Waals surface area contributed by atoms with E-state index in [2.05, 4.69) is 10.4 Å². The second-order valence-corrected chi connectivity index (χ2v) is 5.45. The summed E-state index contributed by atoms with van der Waals surface area (Å²) in [5.74, 6) is -0.0433. The number of aryl methyl sites for hydroxylation is 3. The van der Waals surface area contributed by atoms with E-state index in [9.17, 15) is 4.79 Å². The standard InChI is InChI=1S/C15H19ClN4O/c1-10-8-11(2)20(19-10)7-3-4-15(21)18-12-5-6-13(16)14(17)9-12/h5-6,8-9H,3-4,7,17H2,1-2H3,(H,18,21). The van der Waals surface area contributed by atoms with Crippen molar-refractivity contribution in [3.8, 4) is 0 Å². The summed E-state index contributed by atoms with van der Waals surface area (Å²) < 4.78 is 1.92. The van der Waals surface area contributed by atoms with Crippen LogP contribution in [0.3, 0.4) is 0 Å². The lowest BCUT2D eigenvalue weighted by Crippen LogP contribution is -2.13. The van der Waals surface area contributed by atoms with Crippen molar-refractivity contribution in [1.29, 1.82) is 0 Å². The van der Waals surface area contributed by atoms with Crippen LogP contribution in [-0.4, -0.2) is 15.7 Å². The van der Waals surface area contributed by atoms with E-state index in [1.54, 1.807) is 18.2 Å². The van der Waals surface area contributed by atoms with Crippen LogP contribution >= 0.6 is 11.6 Å². The van der Waals surface area contributed by atoms with E-state index in [1.807, 2.05) is 24.6 Å². The number of aromatic nitrogens is 2. The number of anilines is 2. The van der Waals surface area contributed by atoms with Crippen LogP contribution in [-0.2, 0) is 11.3 Å². The van der Waals surface area contributed by atoms with Crippen LogP contribution < -0.4 is 11.1 Å². The Bertz CT molecular complexity index is 651. The topological polar surface area (TPSA) is 72.9 Å². The number of carbonyl (C=O) groups excluding carboxylic acids is 1. The van der Waals surface area contributed by atoms with E-state index in [4.69, 9.17) is 17.3 Å². The molecule has 1 aromatic carbocycles. The van der Waals surface area contributed by atoms with Crippen molar-refractivity contribution in [1.82, 2.24) is 9.78 Å². The minimum Gasteiger partial charge on any atom is -0.397 e. The van der Waals surface area contributed by atoms with E-state index < -0.39 is 0 Å². The van der Waals surface area contributed by atoms with E-state index in [-0.39, 0.29) is 5.91 Å². The van der Waals surface area contributed by atoms with Crippen molar-refractivity contribution in [3.05, 3.63) is 40.7 Å². The van der Waals surface area contributed by atoms with E-state index in [0.29, 0.717) is 22.8 Å². The Morgan fingerprint density at radius 3 is 2.76 bits per heavy atom. The molecule has 5 nitrogen and oxygen atoms in total. The molecule has 21 heavy (non-hydrogen) atoms. The molecule has 6 heteroatoms. The predicted molar refractivity (Wildman–Crippen MR) is 85.4 cm³/mol. The average Bonchev–Trinajstić information content (AvgIpc) is 2.72. The van der Waals surface area contributed by atoms with Gasteiger partial charge in [-0.3, -0.25) is 9.48 Å². The molecular weight excluding hydrogens is 288 g/mol. The molecule has 1 heterocycles. The molecule has 0 saturated carbocycles. The van der Waals surface area contributed by atoms with Crippen LogP contribution in [0, 0.1) is 13.8 Å². The highest BCUT2D eigenvalue weighted by Gasteiger charge is 2.06. The first kappa shape index (κ1) is 15.4. The number of hydrogen-bond donors (Lipinski definition) is 2. The van der Waals surface area contributed by atoms with Crippen molar-refractivity contribution in [2.75, 3.05) is 11.1 Å². The van der Waals surface area contributed by atoms with Crippen LogP contribution in [0.1, 0.15) is 24.2 Å². The van der Waals surface area contributed by atoms with E-state index >= 15 is 0 Å². The fourth-order valence-electron chi connectivity index (χ4n) is 2.14. The normalized spacial score (nSPS) is 10.6. The third kappa shape index (κ3) is 4.23. The van der Waals surface area contributed by atoms with Gasteiger partial charge in [0.15, 0.2) is 0 Å². The SMILES string of the molecule is Cc1cc(C)n(CCCC(=O)Nc2ccc(Cl)c(N)c2)n1. The highest BCUT2D eigenvalue weighted by molar-refractivity contribution is 6.33. The molecule has 112 valence electrons. The molecule has 0 radical (unpaired) electrons. The largest absolute Gasteiger partial charge is 0.397 e. The van der Waals surface area contributed by atoms with Crippen LogP contribution in [0.4, 0.5) is 11.4 Å². The molecule has 3 N–H and O–H groups in total. The molecule has 0 aliphatic rings. The van der Waals surface area contributed by atoms with Crippen LogP contribution in [0.25, 0.3) is 0 Å². The Hall–Kier alpha value is -2.01. The molecule has 1 amide bonds. The Kier molecular flexibility index (Phi) is 4.85. The van der Waals surface area contributed by atoms with Gasteiger partial charge in [-0.2, -0.15) is 5.10 Å². The number of carbonyl (C=O) groups is 1. The van der Waals surface area contributed by atoms with Gasteiger partial charge in [-0.1, -0.05) is 11.6 Å². The van der Waals surface area contributed by atoms with Gasteiger partial charge in [0.2, 0.25) is 5.91 Å². The molecule has 0 atom stereocenters. The van der Waals surface area contributed by atoms with Gasteiger partial charge in [0.25, 0.3) is 0 Å².